The molecule has 0 unspecified atom stereocenters. The molecule has 0 spiro atoms. The zero-order valence-electron chi connectivity index (χ0n) is 25.1. The van der Waals surface area contributed by atoms with E-state index < -0.39 is 0 Å². The Hall–Kier alpha value is -4.77. The molecule has 3 heterocycles. The van der Waals surface area contributed by atoms with Gasteiger partial charge < -0.3 is 14.5 Å². The molecule has 4 aromatic carbocycles. The van der Waals surface area contributed by atoms with Gasteiger partial charge in [-0.3, -0.25) is 4.57 Å². The lowest BCUT2D eigenvalue weighted by Crippen LogP contribution is -2.24. The van der Waals surface area contributed by atoms with Crippen LogP contribution in [0, 0.1) is 13.8 Å². The van der Waals surface area contributed by atoms with Crippen molar-refractivity contribution in [1.82, 2.24) is 9.55 Å². The Morgan fingerprint density at radius 1 is 0.714 bits per heavy atom. The fourth-order valence-corrected chi connectivity index (χ4v) is 6.00. The van der Waals surface area contributed by atoms with Gasteiger partial charge in [0.1, 0.15) is 17.1 Å². The van der Waals surface area contributed by atoms with Gasteiger partial charge in [-0.2, -0.15) is 0 Å². The third-order valence-corrected chi connectivity index (χ3v) is 8.46. The van der Waals surface area contributed by atoms with Gasteiger partial charge in [-0.25, -0.2) is 4.98 Å². The van der Waals surface area contributed by atoms with Gasteiger partial charge in [-0.05, 0) is 90.6 Å². The molecule has 1 aliphatic heterocycles. The molecular formula is C37H36N4O. The van der Waals surface area contributed by atoms with Crippen LogP contribution in [0.25, 0.3) is 27.6 Å². The number of benzene rings is 4. The zero-order chi connectivity index (χ0) is 29.2. The SMILES string of the molecule is Cc1cc2c(cc1C)N(c1cc(Oc3cccc(-n4c5ccccc5c5cccnc54)c3)cc(C(C)(C)C)c1)CN2C. The van der Waals surface area contributed by atoms with Crippen molar-refractivity contribution in [3.63, 3.8) is 0 Å². The monoisotopic (exact) mass is 552 g/mol. The molecule has 0 atom stereocenters. The molecule has 5 heteroatoms. The molecule has 2 aromatic heterocycles. The van der Waals surface area contributed by atoms with Crippen LogP contribution in [0.5, 0.6) is 11.5 Å². The summed E-state index contributed by atoms with van der Waals surface area (Å²) in [5.74, 6) is 1.62. The summed E-state index contributed by atoms with van der Waals surface area (Å²) >= 11 is 0. The first kappa shape index (κ1) is 26.1. The molecule has 0 saturated heterocycles. The summed E-state index contributed by atoms with van der Waals surface area (Å²) in [4.78, 5) is 9.46. The number of fused-ring (bicyclic) bond motifs is 4. The molecule has 0 saturated carbocycles. The van der Waals surface area contributed by atoms with Crippen molar-refractivity contribution in [2.24, 2.45) is 0 Å². The van der Waals surface area contributed by atoms with Crippen LogP contribution >= 0.6 is 0 Å². The normalized spacial score (nSPS) is 13.3. The quantitative estimate of drug-likeness (QED) is 0.218. The third kappa shape index (κ3) is 4.37. The Labute approximate surface area is 247 Å². The second-order valence-electron chi connectivity index (χ2n) is 12.5. The van der Waals surface area contributed by atoms with Crippen LogP contribution in [-0.2, 0) is 5.41 Å². The van der Waals surface area contributed by atoms with Crippen molar-refractivity contribution in [3.05, 3.63) is 114 Å². The zero-order valence-corrected chi connectivity index (χ0v) is 25.1. The van der Waals surface area contributed by atoms with Gasteiger partial charge in [0.15, 0.2) is 0 Å². The van der Waals surface area contributed by atoms with Crippen LogP contribution < -0.4 is 14.5 Å². The summed E-state index contributed by atoms with van der Waals surface area (Å²) in [6.45, 7) is 11.9. The Morgan fingerprint density at radius 3 is 2.26 bits per heavy atom. The van der Waals surface area contributed by atoms with Crippen molar-refractivity contribution >= 4 is 39.0 Å². The highest BCUT2D eigenvalue weighted by molar-refractivity contribution is 6.07. The number of ether oxygens (including phenoxy) is 1. The average Bonchev–Trinajstić information content (AvgIpc) is 3.47. The smallest absolute Gasteiger partial charge is 0.145 e. The molecular weight excluding hydrogens is 516 g/mol. The summed E-state index contributed by atoms with van der Waals surface area (Å²) in [7, 11) is 2.16. The predicted octanol–water partition coefficient (Wildman–Crippen LogP) is 9.43. The number of pyridine rings is 1. The van der Waals surface area contributed by atoms with Crippen LogP contribution in [-0.4, -0.2) is 23.3 Å². The van der Waals surface area contributed by atoms with Crippen LogP contribution in [0.1, 0.15) is 37.5 Å². The molecule has 6 aromatic rings. The standard InChI is InChI=1S/C37H36N4O/c1-24-17-34-35(18-25(24)2)40(23-39(34)6)28-19-26(37(3,4)5)20-30(22-28)42-29-12-9-11-27(21-29)41-33-15-8-7-13-31(33)32-14-10-16-38-36(32)41/h7-22H,23H2,1-6H3. The van der Waals surface area contributed by atoms with E-state index in [0.717, 1.165) is 46.1 Å². The van der Waals surface area contributed by atoms with E-state index in [0.29, 0.717) is 0 Å². The second kappa shape index (κ2) is 9.66. The van der Waals surface area contributed by atoms with Gasteiger partial charge in [0.05, 0.1) is 29.2 Å². The minimum atomic E-state index is -0.0394. The summed E-state index contributed by atoms with van der Waals surface area (Å²) in [6, 6.07) is 32.2. The van der Waals surface area contributed by atoms with E-state index in [9.17, 15) is 0 Å². The van der Waals surface area contributed by atoms with Crippen molar-refractivity contribution in [2.75, 3.05) is 23.5 Å². The van der Waals surface area contributed by atoms with Gasteiger partial charge >= 0.3 is 0 Å². The summed E-state index contributed by atoms with van der Waals surface area (Å²) in [5, 5.41) is 2.33. The van der Waals surface area contributed by atoms with Gasteiger partial charge in [0.2, 0.25) is 0 Å². The minimum absolute atomic E-state index is 0.0394. The lowest BCUT2D eigenvalue weighted by atomic mass is 9.86. The van der Waals surface area contributed by atoms with E-state index in [1.54, 1.807) is 0 Å². The molecule has 0 fully saturated rings. The number of anilines is 3. The average molecular weight is 553 g/mol. The van der Waals surface area contributed by atoms with Crippen LogP contribution in [0.3, 0.4) is 0 Å². The first-order valence-corrected chi connectivity index (χ1v) is 14.6. The molecule has 42 heavy (non-hydrogen) atoms. The van der Waals surface area contributed by atoms with E-state index in [1.807, 2.05) is 18.3 Å². The number of nitrogens with zero attached hydrogens (tertiary/aromatic N) is 4. The highest BCUT2D eigenvalue weighted by Crippen LogP contribution is 2.44. The van der Waals surface area contributed by atoms with E-state index in [4.69, 9.17) is 9.72 Å². The molecule has 0 aliphatic carbocycles. The molecule has 0 radical (unpaired) electrons. The summed E-state index contributed by atoms with van der Waals surface area (Å²) in [6.07, 6.45) is 1.86. The lowest BCUT2D eigenvalue weighted by Gasteiger charge is -2.26. The van der Waals surface area contributed by atoms with Crippen molar-refractivity contribution < 1.29 is 4.74 Å². The van der Waals surface area contributed by atoms with Gasteiger partial charge in [-0.15, -0.1) is 0 Å². The first-order chi connectivity index (χ1) is 20.2. The lowest BCUT2D eigenvalue weighted by molar-refractivity contribution is 0.478. The van der Waals surface area contributed by atoms with Crippen molar-refractivity contribution in [2.45, 2.75) is 40.0 Å². The van der Waals surface area contributed by atoms with Gasteiger partial charge in [-0.1, -0.05) is 45.0 Å². The highest BCUT2D eigenvalue weighted by atomic mass is 16.5. The molecule has 0 N–H and O–H groups in total. The molecule has 7 rings (SSSR count). The molecule has 0 amide bonds. The van der Waals surface area contributed by atoms with Crippen molar-refractivity contribution in [3.8, 4) is 17.2 Å². The maximum Gasteiger partial charge on any atom is 0.145 e. The largest absolute Gasteiger partial charge is 0.457 e. The molecule has 5 nitrogen and oxygen atoms in total. The number of para-hydroxylation sites is 1. The second-order valence-corrected chi connectivity index (χ2v) is 12.5. The minimum Gasteiger partial charge on any atom is -0.457 e. The molecule has 210 valence electrons. The maximum absolute atomic E-state index is 6.66. The number of hydrogen-bond acceptors (Lipinski definition) is 4. The van der Waals surface area contributed by atoms with Gasteiger partial charge in [0, 0.05) is 41.8 Å². The Kier molecular flexibility index (Phi) is 6.01. The molecule has 1 aliphatic rings. The number of aryl methyl sites for hydroxylation is 2. The number of rotatable bonds is 4. The summed E-state index contributed by atoms with van der Waals surface area (Å²) in [5.41, 5.74) is 10.5. The number of aromatic nitrogens is 2. The first-order valence-electron chi connectivity index (χ1n) is 14.6. The van der Waals surface area contributed by atoms with E-state index in [-0.39, 0.29) is 5.41 Å². The van der Waals surface area contributed by atoms with Crippen LogP contribution in [0.2, 0.25) is 0 Å². The number of hydrogen-bond donors (Lipinski definition) is 0. The maximum atomic E-state index is 6.66. The Bertz CT molecular complexity index is 1930. The van der Waals surface area contributed by atoms with E-state index in [1.165, 1.54) is 33.5 Å². The molecule has 0 bridgehead atoms. The predicted molar refractivity (Wildman–Crippen MR) is 175 cm³/mol. The van der Waals surface area contributed by atoms with Gasteiger partial charge in [0.25, 0.3) is 0 Å². The van der Waals surface area contributed by atoms with Crippen LogP contribution in [0.4, 0.5) is 17.1 Å². The highest BCUT2D eigenvalue weighted by Gasteiger charge is 2.27. The van der Waals surface area contributed by atoms with Crippen molar-refractivity contribution in [1.29, 1.82) is 0 Å². The summed E-state index contributed by atoms with van der Waals surface area (Å²) < 4.78 is 8.88. The Morgan fingerprint density at radius 2 is 1.45 bits per heavy atom. The topological polar surface area (TPSA) is 33.5 Å². The third-order valence-electron chi connectivity index (χ3n) is 8.46. The fraction of sp³-hybridized carbons (Fsp3) is 0.216. The van der Waals surface area contributed by atoms with Crippen LogP contribution in [0.15, 0.2) is 97.2 Å². The fourth-order valence-electron chi connectivity index (χ4n) is 6.00. The van der Waals surface area contributed by atoms with E-state index in [2.05, 4.69) is 135 Å². The Balaban J connectivity index is 1.31. The van der Waals surface area contributed by atoms with E-state index >= 15 is 0 Å².